The molecule has 0 atom stereocenters. The van der Waals surface area contributed by atoms with Crippen LogP contribution in [0.4, 0.5) is 0 Å². The van der Waals surface area contributed by atoms with Crippen molar-refractivity contribution >= 4 is 29.2 Å². The number of aliphatic carboxylic acids is 1. The van der Waals surface area contributed by atoms with Crippen LogP contribution in [-0.4, -0.2) is 15.9 Å². The van der Waals surface area contributed by atoms with Gasteiger partial charge in [0, 0.05) is 0 Å². The van der Waals surface area contributed by atoms with Gasteiger partial charge in [0.1, 0.15) is 0 Å². The summed E-state index contributed by atoms with van der Waals surface area (Å²) in [5, 5.41) is 7.73. The summed E-state index contributed by atoms with van der Waals surface area (Å²) >= 11 is 5.34. The van der Waals surface area contributed by atoms with E-state index in [-0.39, 0.29) is 0 Å². The quantitative estimate of drug-likeness (QED) is 0.686. The predicted molar refractivity (Wildman–Crippen MR) is 25.2 cm³/mol. The first kappa shape index (κ1) is 12.8. The van der Waals surface area contributed by atoms with E-state index in [2.05, 4.69) is 0 Å². The molecule has 0 spiro atoms. The number of halogens is 2. The van der Waals surface area contributed by atoms with Gasteiger partial charge in [-0.2, -0.15) is 0 Å². The second-order valence-electron chi connectivity index (χ2n) is 0.828. The van der Waals surface area contributed by atoms with Crippen molar-refractivity contribution in [3.63, 3.8) is 0 Å². The van der Waals surface area contributed by atoms with Gasteiger partial charge in [0.15, 0.2) is 0 Å². The number of carboxylic acids is 1. The summed E-state index contributed by atoms with van der Waals surface area (Å²) in [7, 11) is 0. The maximum atomic E-state index is 9.44. The third kappa shape index (κ3) is 24.3. The van der Waals surface area contributed by atoms with E-state index >= 15 is 0 Å². The molecule has 0 saturated heterocycles. The zero-order valence-electron chi connectivity index (χ0n) is 4.29. The third-order valence-corrected chi connectivity index (χ3v) is 0.560. The van der Waals surface area contributed by atoms with E-state index in [0.29, 0.717) is 0 Å². The normalized spacial score (nSPS) is 7.90. The molecule has 0 aliphatic carbocycles. The molecule has 5 nitrogen and oxygen atoms in total. The molecule has 0 aromatic heterocycles. The molecule has 0 saturated carbocycles. The van der Waals surface area contributed by atoms with Crippen LogP contribution in [0.2, 0.25) is 0 Å². The first-order chi connectivity index (χ1) is 4.37. The minimum atomic E-state index is -4.21. The van der Waals surface area contributed by atoms with Gasteiger partial charge in [-0.3, -0.25) is 0 Å². The zero-order chi connectivity index (χ0) is 8.73. The van der Waals surface area contributed by atoms with Crippen molar-refractivity contribution in [3.8, 4) is 0 Å². The van der Waals surface area contributed by atoms with E-state index in [9.17, 15) is 4.79 Å². The number of alkyl halides is 2. The maximum absolute atomic E-state index is 9.44. The Hall–Kier alpha value is 0.112. The average Bonchev–Trinajstić information content (AvgIpc) is 1.63. The Bertz CT molecular complexity index is 184. The van der Waals surface area contributed by atoms with Crippen LogP contribution in [-0.2, 0) is 31.8 Å². The van der Waals surface area contributed by atoms with Crippen LogP contribution in [0.25, 0.3) is 0 Å². The van der Waals surface area contributed by atoms with Gasteiger partial charge in [-0.05, 0) is 0 Å². The van der Waals surface area contributed by atoms with Crippen LogP contribution in [0.5, 0.6) is 0 Å². The summed E-state index contributed by atoms with van der Waals surface area (Å²) in [5.41, 5.74) is 0. The number of rotatable bonds is 1. The van der Waals surface area contributed by atoms with Crippen molar-refractivity contribution in [1.82, 2.24) is 0 Å². The SMILES string of the molecule is O=C(O)C(Cl)Cl.[O]=[Re](=[O])=[O]. The molecule has 10 heavy (non-hydrogen) atoms. The molecule has 1 N–H and O–H groups in total. The summed E-state index contributed by atoms with van der Waals surface area (Å²) in [4.78, 5) is 8.15. The molecule has 0 fully saturated rings. The summed E-state index contributed by atoms with van der Waals surface area (Å²) in [6.45, 7) is 0. The second-order valence-corrected chi connectivity index (χ2v) is 3.28. The molecule has 0 amide bonds. The second kappa shape index (κ2) is 7.22. The Labute approximate surface area is 71.1 Å². The molecule has 0 bridgehead atoms. The molecule has 0 rings (SSSR count). The van der Waals surface area contributed by atoms with E-state index in [1.165, 1.54) is 0 Å². The van der Waals surface area contributed by atoms with Crippen molar-refractivity contribution in [2.45, 2.75) is 4.84 Å². The van der Waals surface area contributed by atoms with Gasteiger partial charge in [-0.15, -0.1) is 0 Å². The third-order valence-electron chi connectivity index (χ3n) is 0.187. The van der Waals surface area contributed by atoms with E-state index in [4.69, 9.17) is 38.7 Å². The van der Waals surface area contributed by atoms with Crippen LogP contribution < -0.4 is 0 Å². The molecular weight excluding hydrogens is 361 g/mol. The molecule has 0 aliphatic heterocycles. The first-order valence-electron chi connectivity index (χ1n) is 1.62. The number of hydrogen-bond acceptors (Lipinski definition) is 4. The molecule has 8 heteroatoms. The fraction of sp³-hybridized carbons (Fsp3) is 0.500. The van der Waals surface area contributed by atoms with Crippen molar-refractivity contribution in [2.24, 2.45) is 0 Å². The molecule has 0 radical (unpaired) electrons. The van der Waals surface area contributed by atoms with Crippen LogP contribution in [0, 0.1) is 0 Å². The van der Waals surface area contributed by atoms with Crippen LogP contribution in [0.3, 0.4) is 0 Å². The fourth-order valence-corrected chi connectivity index (χ4v) is 0. The summed E-state index contributed by atoms with van der Waals surface area (Å²) in [6.07, 6.45) is 0. The van der Waals surface area contributed by atoms with Gasteiger partial charge < -0.3 is 5.11 Å². The van der Waals surface area contributed by atoms with Gasteiger partial charge in [0.2, 0.25) is 4.84 Å². The van der Waals surface area contributed by atoms with Crippen molar-refractivity contribution in [3.05, 3.63) is 0 Å². The average molecular weight is 363 g/mol. The van der Waals surface area contributed by atoms with Gasteiger partial charge >= 0.3 is 33.0 Å². The topological polar surface area (TPSA) is 88.5 Å². The summed E-state index contributed by atoms with van der Waals surface area (Å²) in [6, 6.07) is 0. The van der Waals surface area contributed by atoms with Gasteiger partial charge in [-0.1, -0.05) is 23.2 Å². The number of carbonyl (C=O) groups is 1. The summed E-state index contributed by atoms with van der Waals surface area (Å²) < 4.78 is 25.8. The Balaban J connectivity index is 0. The monoisotopic (exact) mass is 363 g/mol. The van der Waals surface area contributed by atoms with Crippen LogP contribution >= 0.6 is 23.2 Å². The Kier molecular flexibility index (Phi) is 9.21. The van der Waals surface area contributed by atoms with E-state index in [1.807, 2.05) is 0 Å². The van der Waals surface area contributed by atoms with Crippen LogP contribution in [0.1, 0.15) is 0 Å². The predicted octanol–water partition coefficient (Wildman–Crippen LogP) is 0.516. The Morgan fingerprint density at radius 3 is 1.40 bits per heavy atom. The Morgan fingerprint density at radius 2 is 1.40 bits per heavy atom. The molecular formula is C2H2Cl2O5Re. The minimum absolute atomic E-state index is 1.21. The van der Waals surface area contributed by atoms with E-state index in [0.717, 1.165) is 0 Å². The number of carboxylic acid groups (broad SMARTS) is 1. The molecule has 0 heterocycles. The molecule has 61 valence electrons. The van der Waals surface area contributed by atoms with Gasteiger partial charge in [-0.25, -0.2) is 4.79 Å². The van der Waals surface area contributed by atoms with Crippen molar-refractivity contribution < 1.29 is 36.9 Å². The van der Waals surface area contributed by atoms with Crippen LogP contribution in [0.15, 0.2) is 0 Å². The zero-order valence-corrected chi connectivity index (χ0v) is 8.52. The van der Waals surface area contributed by atoms with Crippen molar-refractivity contribution in [1.29, 1.82) is 0 Å². The standard InChI is InChI=1S/C2H2Cl2O2.3O.Re/c3-1(4)2(5)6;;;;/h1H,(H,5,6);;;;. The number of hydrogen-bond donors (Lipinski definition) is 1. The first-order valence-corrected chi connectivity index (χ1v) is 5.81. The van der Waals surface area contributed by atoms with Gasteiger partial charge in [0.25, 0.3) is 0 Å². The fourth-order valence-electron chi connectivity index (χ4n) is 0. The van der Waals surface area contributed by atoms with E-state index in [1.54, 1.807) is 0 Å². The molecule has 0 aromatic carbocycles. The molecule has 0 aliphatic rings. The molecule has 0 aromatic rings. The van der Waals surface area contributed by atoms with E-state index < -0.39 is 27.4 Å². The Morgan fingerprint density at radius 1 is 1.30 bits per heavy atom. The van der Waals surface area contributed by atoms with Gasteiger partial charge in [0.05, 0.1) is 0 Å². The summed E-state index contributed by atoms with van der Waals surface area (Å²) in [5.74, 6) is -1.21. The molecule has 0 unspecified atom stereocenters. The van der Waals surface area contributed by atoms with Crippen molar-refractivity contribution in [2.75, 3.05) is 0 Å².